The fourth-order valence-electron chi connectivity index (χ4n) is 3.16. The Morgan fingerprint density at radius 1 is 1.17 bits per heavy atom. The first-order chi connectivity index (χ1) is 11.5. The van der Waals surface area contributed by atoms with Crippen LogP contribution in [0.3, 0.4) is 0 Å². The second kappa shape index (κ2) is 9.18. The highest BCUT2D eigenvalue weighted by atomic mass is 79.9. The number of hydrogen-bond donors (Lipinski definition) is 3. The van der Waals surface area contributed by atoms with Crippen LogP contribution in [0, 0.1) is 5.92 Å². The number of rotatable bonds is 6. The zero-order valence-electron chi connectivity index (χ0n) is 14.4. The maximum Gasteiger partial charge on any atom is 0.279 e. The van der Waals surface area contributed by atoms with Gasteiger partial charge in [-0.15, -0.1) is 0 Å². The largest absolute Gasteiger partial charge is 0.348 e. The van der Waals surface area contributed by atoms with Crippen molar-refractivity contribution in [3.63, 3.8) is 0 Å². The van der Waals surface area contributed by atoms with E-state index in [0.717, 1.165) is 21.5 Å². The molecule has 0 aliphatic heterocycles. The van der Waals surface area contributed by atoms with Crippen LogP contribution in [0.4, 0.5) is 5.69 Å². The third kappa shape index (κ3) is 5.91. The first-order valence-electron chi connectivity index (χ1n) is 8.60. The van der Waals surface area contributed by atoms with E-state index in [0.29, 0.717) is 12.5 Å². The lowest BCUT2D eigenvalue weighted by Crippen LogP contribution is -3.11. The predicted octanol–water partition coefficient (Wildman–Crippen LogP) is 1.60. The fraction of sp³-hybridized carbons (Fsp3) is 0.556. The van der Waals surface area contributed by atoms with Crippen molar-refractivity contribution >= 4 is 33.4 Å². The topological polar surface area (TPSA) is 62.6 Å². The van der Waals surface area contributed by atoms with Crippen LogP contribution >= 0.6 is 15.9 Å². The van der Waals surface area contributed by atoms with E-state index in [1.807, 2.05) is 31.3 Å². The molecule has 1 saturated carbocycles. The summed E-state index contributed by atoms with van der Waals surface area (Å²) in [6.07, 6.45) is 4.69. The van der Waals surface area contributed by atoms with Crippen LogP contribution < -0.4 is 15.5 Å². The molecule has 3 atom stereocenters. The van der Waals surface area contributed by atoms with Crippen molar-refractivity contribution < 1.29 is 14.5 Å². The van der Waals surface area contributed by atoms with Gasteiger partial charge in [0.2, 0.25) is 0 Å². The van der Waals surface area contributed by atoms with E-state index in [9.17, 15) is 9.59 Å². The molecule has 1 fully saturated rings. The molecular formula is C18H27BrN3O2+. The minimum Gasteiger partial charge on any atom is -0.348 e. The number of nitrogens with one attached hydrogen (secondary N) is 3. The highest BCUT2D eigenvalue weighted by Crippen LogP contribution is 2.23. The molecule has 0 bridgehead atoms. The van der Waals surface area contributed by atoms with Crippen LogP contribution in [-0.2, 0) is 9.59 Å². The second-order valence-corrected chi connectivity index (χ2v) is 7.63. The third-order valence-electron chi connectivity index (χ3n) is 4.53. The summed E-state index contributed by atoms with van der Waals surface area (Å²) >= 11 is 3.41. The molecule has 132 valence electrons. The molecule has 2 rings (SSSR count). The van der Waals surface area contributed by atoms with Crippen LogP contribution in [0.25, 0.3) is 0 Å². The number of benzene rings is 1. The van der Waals surface area contributed by atoms with Crippen molar-refractivity contribution in [1.29, 1.82) is 0 Å². The summed E-state index contributed by atoms with van der Waals surface area (Å²) < 4.78 is 0.847. The molecule has 0 aromatic heterocycles. The maximum absolute atomic E-state index is 12.2. The van der Waals surface area contributed by atoms with Crippen LogP contribution in [0.2, 0.25) is 0 Å². The Bertz CT molecular complexity index is 579. The minimum atomic E-state index is -0.0989. The van der Waals surface area contributed by atoms with Gasteiger partial charge in [-0.1, -0.05) is 31.9 Å². The smallest absolute Gasteiger partial charge is 0.279 e. The molecule has 1 unspecified atom stereocenters. The lowest BCUT2D eigenvalue weighted by molar-refractivity contribution is -0.862. The van der Waals surface area contributed by atoms with Crippen LogP contribution in [0.15, 0.2) is 28.7 Å². The summed E-state index contributed by atoms with van der Waals surface area (Å²) in [7, 11) is 1.86. The summed E-state index contributed by atoms with van der Waals surface area (Å²) in [6.45, 7) is 2.77. The van der Waals surface area contributed by atoms with E-state index in [-0.39, 0.29) is 24.4 Å². The quantitative estimate of drug-likeness (QED) is 0.683. The van der Waals surface area contributed by atoms with Gasteiger partial charge in [-0.05, 0) is 46.8 Å². The van der Waals surface area contributed by atoms with Crippen LogP contribution in [0.5, 0.6) is 0 Å². The molecule has 2 amide bonds. The summed E-state index contributed by atoms with van der Waals surface area (Å²) in [5.74, 6) is 0.472. The normalized spacial score (nSPS) is 21.8. The molecule has 24 heavy (non-hydrogen) atoms. The Balaban J connectivity index is 1.75. The lowest BCUT2D eigenvalue weighted by Gasteiger charge is -2.29. The molecule has 5 nitrogen and oxygen atoms in total. The van der Waals surface area contributed by atoms with Gasteiger partial charge in [0.05, 0.1) is 12.7 Å². The number of carbonyl (C=O) groups is 2. The molecular weight excluding hydrogens is 370 g/mol. The van der Waals surface area contributed by atoms with Crippen molar-refractivity contribution in [2.45, 2.75) is 38.6 Å². The van der Waals surface area contributed by atoms with Crippen molar-refractivity contribution in [2.24, 2.45) is 5.92 Å². The highest BCUT2D eigenvalue weighted by Gasteiger charge is 2.24. The van der Waals surface area contributed by atoms with Gasteiger partial charge in [-0.3, -0.25) is 9.59 Å². The molecule has 0 radical (unpaired) electrons. The number of quaternary nitrogens is 1. The maximum atomic E-state index is 12.2. The molecule has 0 heterocycles. The van der Waals surface area contributed by atoms with E-state index in [4.69, 9.17) is 0 Å². The SMILES string of the molecule is C[C@@H]1CCCC[C@H]1NC(=O)C[NH+](C)CC(=O)Nc1ccccc1Br. The monoisotopic (exact) mass is 396 g/mol. The number of likely N-dealkylation sites (N-methyl/N-ethyl adjacent to an activating group) is 1. The van der Waals surface area contributed by atoms with Gasteiger partial charge >= 0.3 is 0 Å². The van der Waals surface area contributed by atoms with Gasteiger partial charge in [-0.25, -0.2) is 0 Å². The molecule has 1 aromatic carbocycles. The number of hydrogen-bond acceptors (Lipinski definition) is 2. The molecule has 0 saturated heterocycles. The molecule has 0 spiro atoms. The summed E-state index contributed by atoms with van der Waals surface area (Å²) in [5, 5.41) is 6.00. The van der Waals surface area contributed by atoms with Gasteiger partial charge in [-0.2, -0.15) is 0 Å². The van der Waals surface area contributed by atoms with E-state index < -0.39 is 0 Å². The Morgan fingerprint density at radius 3 is 2.54 bits per heavy atom. The standard InChI is InChI=1S/C18H26BrN3O2/c1-13-7-3-5-9-15(13)20-17(23)11-22(2)12-18(24)21-16-10-6-4-8-14(16)19/h4,6,8,10,13,15H,3,5,7,9,11-12H2,1-2H3,(H,20,23)(H,21,24)/p+1/t13-,15-/m1/s1. The summed E-state index contributed by atoms with van der Waals surface area (Å²) in [6, 6.07) is 7.77. The average Bonchev–Trinajstić information content (AvgIpc) is 2.51. The Hall–Kier alpha value is -1.40. The predicted molar refractivity (Wildman–Crippen MR) is 99.0 cm³/mol. The molecule has 6 heteroatoms. The molecule has 1 aromatic rings. The van der Waals surface area contributed by atoms with Crippen molar-refractivity contribution in [3.8, 4) is 0 Å². The Kier molecular flexibility index (Phi) is 7.24. The van der Waals surface area contributed by atoms with E-state index >= 15 is 0 Å². The fourth-order valence-corrected chi connectivity index (χ4v) is 3.54. The molecule has 1 aliphatic carbocycles. The Labute approximate surface area is 152 Å². The van der Waals surface area contributed by atoms with Gasteiger partial charge in [0, 0.05) is 10.5 Å². The van der Waals surface area contributed by atoms with Crippen molar-refractivity contribution in [1.82, 2.24) is 5.32 Å². The van der Waals surface area contributed by atoms with Crippen molar-refractivity contribution in [2.75, 3.05) is 25.5 Å². The number of halogens is 1. The Morgan fingerprint density at radius 2 is 1.83 bits per heavy atom. The molecule has 1 aliphatic rings. The zero-order chi connectivity index (χ0) is 17.5. The van der Waals surface area contributed by atoms with Crippen molar-refractivity contribution in [3.05, 3.63) is 28.7 Å². The summed E-state index contributed by atoms with van der Waals surface area (Å²) in [4.78, 5) is 25.2. The number of anilines is 1. The van der Waals surface area contributed by atoms with Gasteiger partial charge in [0.25, 0.3) is 11.8 Å². The van der Waals surface area contributed by atoms with Crippen LogP contribution in [0.1, 0.15) is 32.6 Å². The zero-order valence-corrected chi connectivity index (χ0v) is 16.0. The number of carbonyl (C=O) groups excluding carboxylic acids is 2. The third-order valence-corrected chi connectivity index (χ3v) is 5.22. The lowest BCUT2D eigenvalue weighted by atomic mass is 9.86. The summed E-state index contributed by atoms with van der Waals surface area (Å²) in [5.41, 5.74) is 0.746. The van der Waals surface area contributed by atoms with Gasteiger partial charge < -0.3 is 15.5 Å². The van der Waals surface area contributed by atoms with Crippen LogP contribution in [-0.4, -0.2) is 38.0 Å². The highest BCUT2D eigenvalue weighted by molar-refractivity contribution is 9.10. The first-order valence-corrected chi connectivity index (χ1v) is 9.40. The average molecular weight is 397 g/mol. The van der Waals surface area contributed by atoms with E-state index in [1.165, 1.54) is 19.3 Å². The van der Waals surface area contributed by atoms with Gasteiger partial charge in [0.15, 0.2) is 13.1 Å². The first kappa shape index (κ1) is 18.9. The van der Waals surface area contributed by atoms with E-state index in [1.54, 1.807) is 0 Å². The van der Waals surface area contributed by atoms with Gasteiger partial charge in [0.1, 0.15) is 0 Å². The second-order valence-electron chi connectivity index (χ2n) is 6.77. The number of amides is 2. The van der Waals surface area contributed by atoms with E-state index in [2.05, 4.69) is 33.5 Å². The number of para-hydroxylation sites is 1. The molecule has 3 N–H and O–H groups in total. The minimum absolute atomic E-state index is 0.0277.